The lowest BCUT2D eigenvalue weighted by molar-refractivity contribution is -0.129. The number of carbonyl (C=O) groups is 1. The molecular formula is C29H32IN3OS. The normalized spacial score (nSPS) is 23.8. The summed E-state index contributed by atoms with van der Waals surface area (Å²) in [7, 11) is 0. The van der Waals surface area contributed by atoms with Crippen LogP contribution < -0.4 is 5.32 Å². The molecule has 4 nitrogen and oxygen atoms in total. The van der Waals surface area contributed by atoms with E-state index in [1.807, 2.05) is 18.2 Å². The summed E-state index contributed by atoms with van der Waals surface area (Å²) in [4.78, 5) is 16.8. The van der Waals surface area contributed by atoms with Crippen molar-refractivity contribution in [3.8, 4) is 5.69 Å². The molecule has 1 aliphatic carbocycles. The Kier molecular flexibility index (Phi) is 7.30. The lowest BCUT2D eigenvalue weighted by Gasteiger charge is -2.39. The van der Waals surface area contributed by atoms with Gasteiger partial charge in [-0.25, -0.2) is 0 Å². The molecule has 1 amide bonds. The Morgan fingerprint density at radius 3 is 2.46 bits per heavy atom. The Labute approximate surface area is 226 Å². The minimum absolute atomic E-state index is 0.0959. The van der Waals surface area contributed by atoms with Gasteiger partial charge in [0.15, 0.2) is 5.50 Å². The van der Waals surface area contributed by atoms with Gasteiger partial charge in [-0.15, -0.1) is 0 Å². The number of nitrogens with zero attached hydrogens (tertiary/aromatic N) is 2. The molecule has 1 aromatic heterocycles. The first-order valence-electron chi connectivity index (χ1n) is 12.4. The average molecular weight is 598 g/mol. The van der Waals surface area contributed by atoms with Crippen LogP contribution >= 0.6 is 34.4 Å². The molecule has 182 valence electrons. The Morgan fingerprint density at radius 1 is 1.03 bits per heavy atom. The van der Waals surface area contributed by atoms with Gasteiger partial charge in [-0.2, -0.15) is 0 Å². The lowest BCUT2D eigenvalue weighted by atomic mass is 9.85. The second-order valence-corrected chi connectivity index (χ2v) is 12.0. The van der Waals surface area contributed by atoms with Gasteiger partial charge in [0, 0.05) is 32.4 Å². The zero-order valence-electron chi connectivity index (χ0n) is 20.5. The van der Waals surface area contributed by atoms with Crippen LogP contribution in [0.15, 0.2) is 65.6 Å². The van der Waals surface area contributed by atoms with Crippen LogP contribution in [0.2, 0.25) is 0 Å². The van der Waals surface area contributed by atoms with E-state index >= 15 is 0 Å². The van der Waals surface area contributed by atoms with E-state index < -0.39 is 0 Å². The number of nitrogens with one attached hydrogen (secondary N) is 1. The zero-order chi connectivity index (χ0) is 24.5. The fourth-order valence-electron chi connectivity index (χ4n) is 5.43. The summed E-state index contributed by atoms with van der Waals surface area (Å²) in [6, 6.07) is 21.3. The molecule has 0 spiro atoms. The highest BCUT2D eigenvalue weighted by molar-refractivity contribution is 14.1. The molecule has 5 rings (SSSR count). The van der Waals surface area contributed by atoms with E-state index in [0.717, 1.165) is 34.0 Å². The molecule has 6 heteroatoms. The number of halogens is 1. The fraction of sp³-hybridized carbons (Fsp3) is 0.345. The molecule has 1 aliphatic heterocycles. The van der Waals surface area contributed by atoms with Gasteiger partial charge in [0.25, 0.3) is 5.91 Å². The van der Waals surface area contributed by atoms with Gasteiger partial charge in [-0.1, -0.05) is 49.7 Å². The standard InChI is InChI=1S/C29H32IN3OS/c1-19-9-7-8-12-26(19)33-28(34)27(35-29(33)31-24-10-5-4-6-11-24)18-22-17-20(2)32(21(22)3)25-15-13-23(30)14-16-25/h4-6,10-11,13-19,26,29,31H,7-9,12H2,1-3H3/b27-18-/t19-,26+,29?/m0/s1. The quantitative estimate of drug-likeness (QED) is 0.243. The van der Waals surface area contributed by atoms with Gasteiger partial charge in [0.1, 0.15) is 0 Å². The summed E-state index contributed by atoms with van der Waals surface area (Å²) in [5, 5.41) is 3.64. The van der Waals surface area contributed by atoms with Crippen molar-refractivity contribution in [1.82, 2.24) is 9.47 Å². The maximum absolute atomic E-state index is 13.9. The van der Waals surface area contributed by atoms with Crippen molar-refractivity contribution in [3.05, 3.63) is 86.1 Å². The molecule has 2 heterocycles. The topological polar surface area (TPSA) is 37.3 Å². The summed E-state index contributed by atoms with van der Waals surface area (Å²) >= 11 is 3.98. The first-order valence-corrected chi connectivity index (χ1v) is 14.4. The van der Waals surface area contributed by atoms with E-state index in [1.165, 1.54) is 28.5 Å². The van der Waals surface area contributed by atoms with Crippen molar-refractivity contribution in [3.63, 3.8) is 0 Å². The van der Waals surface area contributed by atoms with Crippen LogP contribution in [0.1, 0.15) is 49.6 Å². The van der Waals surface area contributed by atoms with Crippen LogP contribution in [-0.2, 0) is 4.79 Å². The first kappa shape index (κ1) is 24.5. The summed E-state index contributed by atoms with van der Waals surface area (Å²) in [6.45, 7) is 6.58. The van der Waals surface area contributed by atoms with Crippen molar-refractivity contribution < 1.29 is 4.79 Å². The molecule has 1 saturated heterocycles. The number of aromatic nitrogens is 1. The van der Waals surface area contributed by atoms with E-state index in [0.29, 0.717) is 5.92 Å². The number of amides is 1. The molecule has 1 N–H and O–H groups in total. The third-order valence-electron chi connectivity index (χ3n) is 7.27. The number of thioether (sulfide) groups is 1. The minimum Gasteiger partial charge on any atom is -0.356 e. The second-order valence-electron chi connectivity index (χ2n) is 9.67. The summed E-state index contributed by atoms with van der Waals surface area (Å²) in [5.74, 6) is 0.667. The maximum Gasteiger partial charge on any atom is 0.262 e. The van der Waals surface area contributed by atoms with E-state index in [4.69, 9.17) is 0 Å². The van der Waals surface area contributed by atoms with Crippen LogP contribution in [0, 0.1) is 23.3 Å². The van der Waals surface area contributed by atoms with Crippen LogP contribution in [-0.4, -0.2) is 26.9 Å². The van der Waals surface area contributed by atoms with Crippen LogP contribution in [0.5, 0.6) is 0 Å². The van der Waals surface area contributed by atoms with Gasteiger partial charge in [-0.05, 0) is 109 Å². The van der Waals surface area contributed by atoms with Gasteiger partial charge >= 0.3 is 0 Å². The Morgan fingerprint density at radius 2 is 1.74 bits per heavy atom. The van der Waals surface area contributed by atoms with Crippen LogP contribution in [0.3, 0.4) is 0 Å². The van der Waals surface area contributed by atoms with E-state index in [1.54, 1.807) is 11.8 Å². The van der Waals surface area contributed by atoms with Crippen LogP contribution in [0.4, 0.5) is 5.69 Å². The monoisotopic (exact) mass is 597 g/mol. The molecule has 3 aromatic rings. The van der Waals surface area contributed by atoms with Crippen molar-refractivity contribution in [2.75, 3.05) is 5.32 Å². The summed E-state index contributed by atoms with van der Waals surface area (Å²) in [6.07, 6.45) is 6.82. The number of para-hydroxylation sites is 1. The highest BCUT2D eigenvalue weighted by Gasteiger charge is 2.43. The Bertz CT molecular complexity index is 1230. The largest absolute Gasteiger partial charge is 0.356 e. The van der Waals surface area contributed by atoms with Crippen molar-refractivity contribution in [2.45, 2.75) is 58.0 Å². The summed E-state index contributed by atoms with van der Waals surface area (Å²) < 4.78 is 3.49. The highest BCUT2D eigenvalue weighted by Crippen LogP contribution is 2.42. The predicted molar refractivity (Wildman–Crippen MR) is 156 cm³/mol. The number of carbonyl (C=O) groups excluding carboxylic acids is 1. The third kappa shape index (κ3) is 5.05. The molecule has 2 aliphatic rings. The van der Waals surface area contributed by atoms with Crippen molar-refractivity contribution in [2.24, 2.45) is 5.92 Å². The fourth-order valence-corrected chi connectivity index (χ4v) is 6.99. The molecule has 3 atom stereocenters. The number of hydrogen-bond donors (Lipinski definition) is 1. The SMILES string of the molecule is Cc1cc(/C=C2\SC(Nc3ccccc3)N([C@@H]3CCCC[C@@H]3C)C2=O)c(C)n1-c1ccc(I)cc1. The number of benzene rings is 2. The highest BCUT2D eigenvalue weighted by atomic mass is 127. The smallest absolute Gasteiger partial charge is 0.262 e. The average Bonchev–Trinajstić information content (AvgIpc) is 3.30. The first-order chi connectivity index (χ1) is 16.9. The van der Waals surface area contributed by atoms with E-state index in [9.17, 15) is 4.79 Å². The lowest BCUT2D eigenvalue weighted by Crippen LogP contribution is -2.48. The zero-order valence-corrected chi connectivity index (χ0v) is 23.5. The molecular weight excluding hydrogens is 565 g/mol. The van der Waals surface area contributed by atoms with E-state index in [2.05, 4.69) is 107 Å². The molecule has 35 heavy (non-hydrogen) atoms. The van der Waals surface area contributed by atoms with E-state index in [-0.39, 0.29) is 17.4 Å². The van der Waals surface area contributed by atoms with Crippen molar-refractivity contribution >= 4 is 52.0 Å². The second kappa shape index (κ2) is 10.4. The molecule has 2 fully saturated rings. The number of rotatable bonds is 5. The molecule has 2 aromatic carbocycles. The molecule has 0 radical (unpaired) electrons. The Hall–Kier alpha value is -2.19. The van der Waals surface area contributed by atoms with Gasteiger partial charge in [0.05, 0.1) is 4.91 Å². The van der Waals surface area contributed by atoms with Crippen LogP contribution in [0.25, 0.3) is 11.8 Å². The number of hydrogen-bond acceptors (Lipinski definition) is 3. The molecule has 1 unspecified atom stereocenters. The van der Waals surface area contributed by atoms with Gasteiger partial charge in [0.2, 0.25) is 0 Å². The number of anilines is 1. The predicted octanol–water partition coefficient (Wildman–Crippen LogP) is 7.59. The number of aryl methyl sites for hydroxylation is 1. The van der Waals surface area contributed by atoms with Gasteiger partial charge < -0.3 is 14.8 Å². The molecule has 0 bridgehead atoms. The minimum atomic E-state index is -0.0959. The molecule has 1 saturated carbocycles. The Balaban J connectivity index is 1.49. The van der Waals surface area contributed by atoms with Gasteiger partial charge in [-0.3, -0.25) is 4.79 Å². The summed E-state index contributed by atoms with van der Waals surface area (Å²) in [5.41, 5.74) is 5.53. The maximum atomic E-state index is 13.9. The third-order valence-corrected chi connectivity index (χ3v) is 9.10. The van der Waals surface area contributed by atoms with Crippen molar-refractivity contribution in [1.29, 1.82) is 0 Å².